The van der Waals surface area contributed by atoms with Crippen LogP contribution < -0.4 is 5.32 Å². The molecule has 0 spiro atoms. The fraction of sp³-hybridized carbons (Fsp3) is 0.500. The molecular weight excluding hydrogens is 396 g/mol. The Morgan fingerprint density at radius 1 is 1.32 bits per heavy atom. The molecule has 0 unspecified atom stereocenters. The van der Waals surface area contributed by atoms with E-state index in [1.807, 2.05) is 19.9 Å². The second kappa shape index (κ2) is 5.81. The average Bonchev–Trinajstić information content (AvgIpc) is 2.34. The minimum Gasteiger partial charge on any atom is -0.314 e. The number of nitrogens with zero attached hydrogens (tertiary/aromatic N) is 1. The van der Waals surface area contributed by atoms with Gasteiger partial charge < -0.3 is 5.32 Å². The predicted molar refractivity (Wildman–Crippen MR) is 82.8 cm³/mol. The van der Waals surface area contributed by atoms with E-state index in [4.69, 9.17) is 0 Å². The molecule has 1 aromatic rings. The minimum atomic E-state index is -3.46. The lowest BCUT2D eigenvalue weighted by molar-refractivity contribution is 0.283. The molecule has 19 heavy (non-hydrogen) atoms. The maximum absolute atomic E-state index is 12.7. The van der Waals surface area contributed by atoms with Crippen LogP contribution in [-0.4, -0.2) is 38.4 Å². The Labute approximate surface area is 130 Å². The number of hydrogen-bond acceptors (Lipinski definition) is 3. The molecule has 1 aliphatic rings. The van der Waals surface area contributed by atoms with Gasteiger partial charge in [0, 0.05) is 34.6 Å². The van der Waals surface area contributed by atoms with Gasteiger partial charge in [-0.15, -0.1) is 0 Å². The van der Waals surface area contributed by atoms with Crippen molar-refractivity contribution in [3.63, 3.8) is 0 Å². The zero-order chi connectivity index (χ0) is 14.2. The van der Waals surface area contributed by atoms with Gasteiger partial charge in [-0.1, -0.05) is 15.9 Å². The van der Waals surface area contributed by atoms with Crippen LogP contribution in [0.25, 0.3) is 0 Å². The summed E-state index contributed by atoms with van der Waals surface area (Å²) in [6, 6.07) is 3.46. The average molecular weight is 412 g/mol. The number of sulfonamides is 1. The van der Waals surface area contributed by atoms with E-state index in [0.29, 0.717) is 29.0 Å². The van der Waals surface area contributed by atoms with Gasteiger partial charge in [0.2, 0.25) is 10.0 Å². The highest BCUT2D eigenvalue weighted by atomic mass is 79.9. The number of hydrogen-bond donors (Lipinski definition) is 1. The molecule has 0 bridgehead atoms. The van der Waals surface area contributed by atoms with E-state index in [2.05, 4.69) is 37.2 Å². The van der Waals surface area contributed by atoms with Crippen molar-refractivity contribution in [1.29, 1.82) is 0 Å². The molecule has 0 aromatic heterocycles. The highest BCUT2D eigenvalue weighted by molar-refractivity contribution is 9.11. The van der Waals surface area contributed by atoms with Gasteiger partial charge in [0.25, 0.3) is 0 Å². The maximum Gasteiger partial charge on any atom is 0.244 e. The molecule has 1 saturated heterocycles. The van der Waals surface area contributed by atoms with Crippen molar-refractivity contribution >= 4 is 41.9 Å². The van der Waals surface area contributed by atoms with Gasteiger partial charge >= 0.3 is 0 Å². The molecule has 1 N–H and O–H groups in total. The second-order valence-electron chi connectivity index (χ2n) is 4.70. The van der Waals surface area contributed by atoms with E-state index in [0.717, 1.165) is 10.0 Å². The fourth-order valence-corrected chi connectivity index (χ4v) is 5.40. The molecule has 1 aliphatic heterocycles. The van der Waals surface area contributed by atoms with Crippen LogP contribution in [0, 0.1) is 6.92 Å². The number of aryl methyl sites for hydroxylation is 1. The van der Waals surface area contributed by atoms with E-state index in [1.54, 1.807) is 10.4 Å². The van der Waals surface area contributed by atoms with Gasteiger partial charge in [0.05, 0.1) is 4.90 Å². The summed E-state index contributed by atoms with van der Waals surface area (Å²) in [4.78, 5) is 0.318. The normalized spacial score (nSPS) is 21.6. The zero-order valence-corrected chi connectivity index (χ0v) is 14.8. The Balaban J connectivity index is 2.47. The molecular formula is C12H16Br2N2O2S. The van der Waals surface area contributed by atoms with E-state index in [9.17, 15) is 8.42 Å². The predicted octanol–water partition coefficient (Wildman–Crippen LogP) is 2.50. The monoisotopic (exact) mass is 410 g/mol. The first-order chi connectivity index (χ1) is 8.84. The third-order valence-corrected chi connectivity index (χ3v) is 7.07. The summed E-state index contributed by atoms with van der Waals surface area (Å²) in [6.07, 6.45) is 0. The topological polar surface area (TPSA) is 49.4 Å². The number of piperazine rings is 1. The highest BCUT2D eigenvalue weighted by Crippen LogP contribution is 2.31. The van der Waals surface area contributed by atoms with Crippen molar-refractivity contribution in [3.8, 4) is 0 Å². The van der Waals surface area contributed by atoms with Gasteiger partial charge in [-0.3, -0.25) is 0 Å². The molecule has 1 atom stereocenters. The van der Waals surface area contributed by atoms with E-state index < -0.39 is 10.0 Å². The van der Waals surface area contributed by atoms with Crippen molar-refractivity contribution in [2.75, 3.05) is 19.6 Å². The molecule has 7 heteroatoms. The Kier molecular flexibility index (Phi) is 4.72. The molecule has 2 rings (SSSR count). The van der Waals surface area contributed by atoms with Gasteiger partial charge in [-0.05, 0) is 47.5 Å². The summed E-state index contributed by atoms with van der Waals surface area (Å²) in [5.41, 5.74) is 0.999. The fourth-order valence-electron chi connectivity index (χ4n) is 2.13. The summed E-state index contributed by atoms with van der Waals surface area (Å²) >= 11 is 6.76. The van der Waals surface area contributed by atoms with Gasteiger partial charge in [-0.25, -0.2) is 8.42 Å². The third-order valence-electron chi connectivity index (χ3n) is 3.24. The Morgan fingerprint density at radius 3 is 2.63 bits per heavy atom. The SMILES string of the molecule is Cc1cc(Br)c(S(=O)(=O)N2CCNC[C@H]2C)cc1Br. The molecule has 0 amide bonds. The summed E-state index contributed by atoms with van der Waals surface area (Å²) in [6.45, 7) is 5.72. The van der Waals surface area contributed by atoms with E-state index >= 15 is 0 Å². The lowest BCUT2D eigenvalue weighted by Gasteiger charge is -2.33. The number of nitrogens with one attached hydrogen (secondary N) is 1. The number of rotatable bonds is 2. The second-order valence-corrected chi connectivity index (χ2v) is 8.27. The molecule has 1 aromatic carbocycles. The summed E-state index contributed by atoms with van der Waals surface area (Å²) in [5.74, 6) is 0. The lowest BCUT2D eigenvalue weighted by Crippen LogP contribution is -2.52. The van der Waals surface area contributed by atoms with Crippen molar-refractivity contribution in [2.24, 2.45) is 0 Å². The maximum atomic E-state index is 12.7. The summed E-state index contributed by atoms with van der Waals surface area (Å²) in [5, 5.41) is 3.20. The van der Waals surface area contributed by atoms with Gasteiger partial charge in [0.15, 0.2) is 0 Å². The van der Waals surface area contributed by atoms with Crippen LogP contribution in [-0.2, 0) is 10.0 Å². The quantitative estimate of drug-likeness (QED) is 0.813. The van der Waals surface area contributed by atoms with Crippen molar-refractivity contribution in [1.82, 2.24) is 9.62 Å². The Morgan fingerprint density at radius 2 is 2.00 bits per heavy atom. The molecule has 0 radical (unpaired) electrons. The molecule has 1 heterocycles. The molecule has 4 nitrogen and oxygen atoms in total. The third kappa shape index (κ3) is 3.05. The number of benzene rings is 1. The molecule has 106 valence electrons. The van der Waals surface area contributed by atoms with Crippen LogP contribution in [0.15, 0.2) is 26.0 Å². The standard InChI is InChI=1S/C12H16Br2N2O2S/c1-8-5-11(14)12(6-10(8)13)19(17,18)16-4-3-15-7-9(16)2/h5-6,9,15H,3-4,7H2,1-2H3/t9-/m1/s1. The van der Waals surface area contributed by atoms with Crippen molar-refractivity contribution in [2.45, 2.75) is 24.8 Å². The van der Waals surface area contributed by atoms with Crippen LogP contribution in [0.3, 0.4) is 0 Å². The molecule has 0 aliphatic carbocycles. The summed E-state index contributed by atoms with van der Waals surface area (Å²) in [7, 11) is -3.46. The first-order valence-electron chi connectivity index (χ1n) is 6.02. The highest BCUT2D eigenvalue weighted by Gasteiger charge is 2.32. The van der Waals surface area contributed by atoms with Crippen LogP contribution in [0.4, 0.5) is 0 Å². The molecule has 0 saturated carbocycles. The first kappa shape index (κ1) is 15.4. The number of halogens is 2. The smallest absolute Gasteiger partial charge is 0.244 e. The van der Waals surface area contributed by atoms with E-state index in [-0.39, 0.29) is 6.04 Å². The summed E-state index contributed by atoms with van der Waals surface area (Å²) < 4.78 is 28.4. The van der Waals surface area contributed by atoms with Crippen LogP contribution in [0.5, 0.6) is 0 Å². The van der Waals surface area contributed by atoms with E-state index in [1.165, 1.54) is 0 Å². The van der Waals surface area contributed by atoms with Crippen LogP contribution in [0.2, 0.25) is 0 Å². The lowest BCUT2D eigenvalue weighted by atomic mass is 10.2. The van der Waals surface area contributed by atoms with Gasteiger partial charge in [-0.2, -0.15) is 4.31 Å². The minimum absolute atomic E-state index is 0.0364. The first-order valence-corrected chi connectivity index (χ1v) is 9.05. The van der Waals surface area contributed by atoms with Gasteiger partial charge in [0.1, 0.15) is 0 Å². The largest absolute Gasteiger partial charge is 0.314 e. The van der Waals surface area contributed by atoms with Crippen LogP contribution >= 0.6 is 31.9 Å². The Hall–Kier alpha value is 0.0500. The van der Waals surface area contributed by atoms with Crippen molar-refractivity contribution < 1.29 is 8.42 Å². The van der Waals surface area contributed by atoms with Crippen LogP contribution in [0.1, 0.15) is 12.5 Å². The molecule has 1 fully saturated rings. The zero-order valence-electron chi connectivity index (χ0n) is 10.8. The Bertz CT molecular complexity index is 590. The van der Waals surface area contributed by atoms with Crippen molar-refractivity contribution in [3.05, 3.63) is 26.6 Å².